The lowest BCUT2D eigenvalue weighted by Crippen LogP contribution is -2.44. The normalized spacial score (nSPS) is 19.5. The van der Waals surface area contributed by atoms with Crippen LogP contribution in [0.2, 0.25) is 0 Å². The van der Waals surface area contributed by atoms with E-state index in [0.717, 1.165) is 58.2 Å². The standard InChI is InChI=1S/C41H47N9O2/c1-5-40(51)49-27(3)21-35(33-11-7-9-13-37(33)49)44-30-17-15-29(16-18-30)23-42-24-31-26-48(47-46-31)32-19-20-39(43-25-32)45-36-22-28(4)50(41(52)6-2)38-14-10-8-12-34(36)38/h7-20,25-28,35-36,42,44H,5-6,21-24H2,1-4H3,(H,43,45)/t27-,28-,35+,36+/m0/s1. The first kappa shape index (κ1) is 34.9. The van der Waals surface area contributed by atoms with Crippen molar-refractivity contribution in [3.8, 4) is 5.69 Å². The van der Waals surface area contributed by atoms with Crippen LogP contribution in [-0.4, -0.2) is 43.9 Å². The number of carbonyl (C=O) groups is 2. The summed E-state index contributed by atoms with van der Waals surface area (Å²) in [5, 5.41) is 19.5. The number of nitrogens with zero attached hydrogens (tertiary/aromatic N) is 6. The number of pyridine rings is 1. The summed E-state index contributed by atoms with van der Waals surface area (Å²) in [5.74, 6) is 1.07. The molecular weight excluding hydrogens is 651 g/mol. The Hall–Kier alpha value is -5.55. The van der Waals surface area contributed by atoms with Gasteiger partial charge in [-0.3, -0.25) is 9.59 Å². The largest absolute Gasteiger partial charge is 0.378 e. The van der Waals surface area contributed by atoms with Gasteiger partial charge >= 0.3 is 0 Å². The first-order chi connectivity index (χ1) is 25.3. The van der Waals surface area contributed by atoms with Crippen LogP contribution in [0.25, 0.3) is 5.69 Å². The average Bonchev–Trinajstić information content (AvgIpc) is 3.64. The predicted molar refractivity (Wildman–Crippen MR) is 205 cm³/mol. The molecule has 0 unspecified atom stereocenters. The summed E-state index contributed by atoms with van der Waals surface area (Å²) in [6.45, 7) is 9.33. The molecule has 0 saturated carbocycles. The highest BCUT2D eigenvalue weighted by Gasteiger charge is 2.34. The summed E-state index contributed by atoms with van der Waals surface area (Å²) in [6.07, 6.45) is 6.33. The van der Waals surface area contributed by atoms with E-state index in [1.54, 1.807) is 10.9 Å². The number of benzene rings is 3. The zero-order valence-electron chi connectivity index (χ0n) is 30.3. The minimum absolute atomic E-state index is 0.0463. The molecule has 2 aromatic heterocycles. The predicted octanol–water partition coefficient (Wildman–Crippen LogP) is 7.33. The summed E-state index contributed by atoms with van der Waals surface area (Å²) in [7, 11) is 0. The smallest absolute Gasteiger partial charge is 0.226 e. The number of para-hydroxylation sites is 2. The van der Waals surface area contributed by atoms with Crippen molar-refractivity contribution >= 4 is 34.7 Å². The van der Waals surface area contributed by atoms with E-state index in [9.17, 15) is 9.59 Å². The number of rotatable bonds is 11. The fourth-order valence-electron chi connectivity index (χ4n) is 7.55. The zero-order chi connectivity index (χ0) is 36.2. The Balaban J connectivity index is 0.919. The molecule has 11 heteroatoms. The number of hydrogen-bond acceptors (Lipinski definition) is 8. The van der Waals surface area contributed by atoms with Gasteiger partial charge in [-0.05, 0) is 79.8 Å². The number of hydrogen-bond donors (Lipinski definition) is 3. The number of anilines is 4. The van der Waals surface area contributed by atoms with E-state index >= 15 is 0 Å². The Labute approximate surface area is 305 Å². The van der Waals surface area contributed by atoms with Crippen molar-refractivity contribution in [3.05, 3.63) is 120 Å². The van der Waals surface area contributed by atoms with Crippen LogP contribution in [0.15, 0.2) is 97.3 Å². The van der Waals surface area contributed by atoms with Crippen molar-refractivity contribution in [1.29, 1.82) is 0 Å². The highest BCUT2D eigenvalue weighted by molar-refractivity contribution is 5.96. The molecule has 0 saturated heterocycles. The second-order valence-corrected chi connectivity index (χ2v) is 13.8. The monoisotopic (exact) mass is 697 g/mol. The quantitative estimate of drug-likeness (QED) is 0.131. The van der Waals surface area contributed by atoms with E-state index < -0.39 is 0 Å². The van der Waals surface area contributed by atoms with Crippen molar-refractivity contribution in [2.75, 3.05) is 20.4 Å². The van der Waals surface area contributed by atoms with Gasteiger partial charge in [0, 0.05) is 55.1 Å². The number of aromatic nitrogens is 4. The highest BCUT2D eigenvalue weighted by atomic mass is 16.2. The third-order valence-corrected chi connectivity index (χ3v) is 10.1. The molecule has 3 N–H and O–H groups in total. The number of carbonyl (C=O) groups excluding carboxylic acids is 2. The van der Waals surface area contributed by atoms with Crippen molar-refractivity contribution in [2.24, 2.45) is 0 Å². The molecule has 3 aromatic carbocycles. The topological polar surface area (TPSA) is 120 Å². The maximum Gasteiger partial charge on any atom is 0.226 e. The van der Waals surface area contributed by atoms with Gasteiger partial charge in [0.1, 0.15) is 5.82 Å². The fourth-order valence-corrected chi connectivity index (χ4v) is 7.55. The van der Waals surface area contributed by atoms with E-state index in [2.05, 4.69) is 87.6 Å². The minimum atomic E-state index is 0.0463. The van der Waals surface area contributed by atoms with Crippen molar-refractivity contribution in [2.45, 2.75) is 90.6 Å². The molecule has 2 aliphatic rings. The SMILES string of the molecule is CCC(=O)N1c2ccccc2[C@H](Nc2ccc(CNCc3cn(-c4ccc(N[C@@H]5C[C@H](C)N(C(=O)CC)c6ccccc65)nc4)nn3)cc2)C[C@@H]1C. The van der Waals surface area contributed by atoms with Crippen LogP contribution in [0.5, 0.6) is 0 Å². The molecule has 5 aromatic rings. The van der Waals surface area contributed by atoms with Gasteiger partial charge < -0.3 is 25.8 Å². The molecular formula is C41H47N9O2. The van der Waals surface area contributed by atoms with E-state index in [1.807, 2.05) is 72.3 Å². The van der Waals surface area contributed by atoms with Gasteiger partial charge in [0.15, 0.2) is 0 Å². The maximum atomic E-state index is 12.7. The molecule has 268 valence electrons. The van der Waals surface area contributed by atoms with Crippen LogP contribution in [0.1, 0.15) is 87.8 Å². The van der Waals surface area contributed by atoms with Crippen LogP contribution in [-0.2, 0) is 22.7 Å². The van der Waals surface area contributed by atoms with Crippen LogP contribution < -0.4 is 25.8 Å². The summed E-state index contributed by atoms with van der Waals surface area (Å²) < 4.78 is 1.74. The molecule has 0 bridgehead atoms. The van der Waals surface area contributed by atoms with Gasteiger partial charge in [-0.2, -0.15) is 0 Å². The zero-order valence-corrected chi connectivity index (χ0v) is 30.3. The second kappa shape index (κ2) is 15.4. The van der Waals surface area contributed by atoms with Gasteiger partial charge in [-0.1, -0.05) is 67.6 Å². The van der Waals surface area contributed by atoms with Gasteiger partial charge in [-0.15, -0.1) is 5.10 Å². The highest BCUT2D eigenvalue weighted by Crippen LogP contribution is 2.40. The second-order valence-electron chi connectivity index (χ2n) is 13.8. The number of fused-ring (bicyclic) bond motifs is 2. The van der Waals surface area contributed by atoms with E-state index in [1.165, 1.54) is 5.56 Å². The van der Waals surface area contributed by atoms with E-state index in [-0.39, 0.29) is 36.0 Å². The van der Waals surface area contributed by atoms with E-state index in [0.29, 0.717) is 25.9 Å². The molecule has 4 atom stereocenters. The van der Waals surface area contributed by atoms with Gasteiger partial charge in [0.25, 0.3) is 0 Å². The summed E-state index contributed by atoms with van der Waals surface area (Å²) >= 11 is 0. The molecule has 0 radical (unpaired) electrons. The third kappa shape index (κ3) is 7.27. The first-order valence-electron chi connectivity index (χ1n) is 18.3. The Morgan fingerprint density at radius 3 is 1.90 bits per heavy atom. The lowest BCUT2D eigenvalue weighted by atomic mass is 9.91. The third-order valence-electron chi connectivity index (χ3n) is 10.1. The van der Waals surface area contributed by atoms with Crippen LogP contribution in [0.3, 0.4) is 0 Å². The van der Waals surface area contributed by atoms with Gasteiger partial charge in [-0.25, -0.2) is 9.67 Å². The van der Waals surface area contributed by atoms with Crippen molar-refractivity contribution < 1.29 is 9.59 Å². The molecule has 2 amide bonds. The molecule has 0 aliphatic carbocycles. The summed E-state index contributed by atoms with van der Waals surface area (Å²) in [5.41, 5.74) is 8.11. The number of nitrogens with one attached hydrogen (secondary N) is 3. The fraction of sp³-hybridized carbons (Fsp3) is 0.341. The van der Waals surface area contributed by atoms with E-state index in [4.69, 9.17) is 0 Å². The summed E-state index contributed by atoms with van der Waals surface area (Å²) in [4.78, 5) is 34.0. The molecule has 11 nitrogen and oxygen atoms in total. The summed E-state index contributed by atoms with van der Waals surface area (Å²) in [6, 6.07) is 29.1. The van der Waals surface area contributed by atoms with Gasteiger partial charge in [0.2, 0.25) is 11.8 Å². The minimum Gasteiger partial charge on any atom is -0.378 e. The van der Waals surface area contributed by atoms with Crippen molar-refractivity contribution in [1.82, 2.24) is 25.3 Å². The van der Waals surface area contributed by atoms with Gasteiger partial charge in [0.05, 0.1) is 35.9 Å². The Morgan fingerprint density at radius 2 is 1.33 bits per heavy atom. The Kier molecular flexibility index (Phi) is 10.3. The maximum absolute atomic E-state index is 12.7. The molecule has 2 aliphatic heterocycles. The van der Waals surface area contributed by atoms with Crippen LogP contribution in [0.4, 0.5) is 22.9 Å². The molecule has 4 heterocycles. The molecule has 52 heavy (non-hydrogen) atoms. The lowest BCUT2D eigenvalue weighted by molar-refractivity contribution is -0.119. The Morgan fingerprint density at radius 1 is 0.731 bits per heavy atom. The molecule has 7 rings (SSSR count). The van der Waals surface area contributed by atoms with Crippen molar-refractivity contribution in [3.63, 3.8) is 0 Å². The first-order valence-corrected chi connectivity index (χ1v) is 18.3. The number of amides is 2. The molecule has 0 spiro atoms. The average molecular weight is 698 g/mol. The Bertz CT molecular complexity index is 2010. The molecule has 0 fully saturated rings. The van der Waals surface area contributed by atoms with Crippen LogP contribution >= 0.6 is 0 Å². The van der Waals surface area contributed by atoms with Crippen LogP contribution in [0, 0.1) is 0 Å². The lowest BCUT2D eigenvalue weighted by Gasteiger charge is -2.40.